The third-order valence-electron chi connectivity index (χ3n) is 4.19. The first-order valence-corrected chi connectivity index (χ1v) is 8.91. The van der Waals surface area contributed by atoms with E-state index in [1.54, 1.807) is 0 Å². The summed E-state index contributed by atoms with van der Waals surface area (Å²) >= 11 is 8.16. The zero-order valence-electron chi connectivity index (χ0n) is 12.3. The van der Waals surface area contributed by atoms with Gasteiger partial charge in [0.15, 0.2) is 5.79 Å². The topological polar surface area (TPSA) is 30.5 Å². The third kappa shape index (κ3) is 3.57. The summed E-state index contributed by atoms with van der Waals surface area (Å²) in [7, 11) is 0. The van der Waals surface area contributed by atoms with Gasteiger partial charge in [0.2, 0.25) is 0 Å². The van der Waals surface area contributed by atoms with Crippen LogP contribution < -0.4 is 5.32 Å². The van der Waals surface area contributed by atoms with Crippen LogP contribution in [0.15, 0.2) is 29.2 Å². The zero-order valence-corrected chi connectivity index (χ0v) is 13.9. The van der Waals surface area contributed by atoms with Crippen molar-refractivity contribution in [2.24, 2.45) is 0 Å². The van der Waals surface area contributed by atoms with Gasteiger partial charge >= 0.3 is 0 Å². The molecule has 2 atom stereocenters. The lowest BCUT2D eigenvalue weighted by molar-refractivity contribution is -0.178. The van der Waals surface area contributed by atoms with Gasteiger partial charge in [-0.25, -0.2) is 0 Å². The van der Waals surface area contributed by atoms with Crippen molar-refractivity contribution >= 4 is 23.4 Å². The molecule has 3 rings (SSSR count). The van der Waals surface area contributed by atoms with Crippen molar-refractivity contribution in [3.8, 4) is 0 Å². The maximum Gasteiger partial charge on any atom is 0.169 e. The third-order valence-corrected chi connectivity index (χ3v) is 6.04. The van der Waals surface area contributed by atoms with Gasteiger partial charge in [-0.3, -0.25) is 0 Å². The second-order valence-corrected chi connectivity index (χ2v) is 7.29. The van der Waals surface area contributed by atoms with E-state index in [1.165, 1.54) is 0 Å². The SMILES string of the molecule is CCNC1CCC2(CC1Sc1ccccc1Cl)OCCO2. The summed E-state index contributed by atoms with van der Waals surface area (Å²) in [4.78, 5) is 1.14. The van der Waals surface area contributed by atoms with Crippen LogP contribution in [0.3, 0.4) is 0 Å². The van der Waals surface area contributed by atoms with Crippen LogP contribution in [-0.4, -0.2) is 36.8 Å². The number of ether oxygens (including phenoxy) is 2. The fourth-order valence-corrected chi connectivity index (χ4v) is 4.86. The molecule has 0 radical (unpaired) electrons. The molecule has 1 saturated heterocycles. The predicted octanol–water partition coefficient (Wildman–Crippen LogP) is 3.71. The van der Waals surface area contributed by atoms with E-state index in [4.69, 9.17) is 21.1 Å². The van der Waals surface area contributed by atoms with Crippen LogP contribution in [-0.2, 0) is 9.47 Å². The minimum absolute atomic E-state index is 0.356. The van der Waals surface area contributed by atoms with Crippen LogP contribution in [0.5, 0.6) is 0 Å². The fourth-order valence-electron chi connectivity index (χ4n) is 3.19. The van der Waals surface area contributed by atoms with E-state index in [2.05, 4.69) is 18.3 Å². The molecule has 2 unspecified atom stereocenters. The van der Waals surface area contributed by atoms with Crippen LogP contribution in [0, 0.1) is 0 Å². The molecule has 2 fully saturated rings. The number of hydrogen-bond donors (Lipinski definition) is 1. The fraction of sp³-hybridized carbons (Fsp3) is 0.625. The van der Waals surface area contributed by atoms with Gasteiger partial charge in [-0.2, -0.15) is 0 Å². The number of hydrogen-bond acceptors (Lipinski definition) is 4. The highest BCUT2D eigenvalue weighted by atomic mass is 35.5. The average molecular weight is 328 g/mol. The standard InChI is InChI=1S/C16H22ClNO2S/c1-2-18-13-7-8-16(19-9-10-20-16)11-15(13)21-14-6-4-3-5-12(14)17/h3-6,13,15,18H,2,7-11H2,1H3. The largest absolute Gasteiger partial charge is 0.347 e. The van der Waals surface area contributed by atoms with Crippen molar-refractivity contribution in [1.82, 2.24) is 5.32 Å². The summed E-state index contributed by atoms with van der Waals surface area (Å²) in [6.07, 6.45) is 2.97. The molecule has 0 aromatic heterocycles. The van der Waals surface area contributed by atoms with Crippen LogP contribution in [0.1, 0.15) is 26.2 Å². The summed E-state index contributed by atoms with van der Waals surface area (Å²) in [5.41, 5.74) is 0. The monoisotopic (exact) mass is 327 g/mol. The summed E-state index contributed by atoms with van der Waals surface area (Å²) in [5.74, 6) is -0.356. The van der Waals surface area contributed by atoms with Gasteiger partial charge in [-0.05, 0) is 25.1 Å². The Bertz CT molecular complexity index is 479. The van der Waals surface area contributed by atoms with Crippen LogP contribution >= 0.6 is 23.4 Å². The van der Waals surface area contributed by atoms with Crippen LogP contribution in [0.2, 0.25) is 5.02 Å². The van der Waals surface area contributed by atoms with Crippen LogP contribution in [0.4, 0.5) is 0 Å². The van der Waals surface area contributed by atoms with Crippen molar-refractivity contribution in [2.75, 3.05) is 19.8 Å². The lowest BCUT2D eigenvalue weighted by Gasteiger charge is -2.41. The van der Waals surface area contributed by atoms with E-state index in [0.717, 1.165) is 48.9 Å². The molecule has 1 spiro atoms. The molecule has 1 aromatic rings. The summed E-state index contributed by atoms with van der Waals surface area (Å²) in [6.45, 7) is 4.58. The first-order valence-electron chi connectivity index (χ1n) is 7.65. The van der Waals surface area contributed by atoms with Gasteiger partial charge in [0.05, 0.1) is 18.2 Å². The van der Waals surface area contributed by atoms with E-state index in [9.17, 15) is 0 Å². The van der Waals surface area contributed by atoms with Crippen LogP contribution in [0.25, 0.3) is 0 Å². The van der Waals surface area contributed by atoms with Gasteiger partial charge in [0.1, 0.15) is 0 Å². The summed E-state index contributed by atoms with van der Waals surface area (Å²) < 4.78 is 11.8. The second kappa shape index (κ2) is 6.88. The van der Waals surface area contributed by atoms with Gasteiger partial charge < -0.3 is 14.8 Å². The van der Waals surface area contributed by atoms with Gasteiger partial charge in [-0.15, -0.1) is 11.8 Å². The molecule has 5 heteroatoms. The van der Waals surface area contributed by atoms with Gasteiger partial charge in [0, 0.05) is 29.0 Å². The van der Waals surface area contributed by atoms with Gasteiger partial charge in [-0.1, -0.05) is 30.7 Å². The smallest absolute Gasteiger partial charge is 0.169 e. The van der Waals surface area contributed by atoms with Crippen molar-refractivity contribution in [3.63, 3.8) is 0 Å². The molecule has 116 valence electrons. The Kier molecular flexibility index (Phi) is 5.12. The Hall–Kier alpha value is -0.260. The van der Waals surface area contributed by atoms with E-state index in [1.807, 2.05) is 30.0 Å². The molecular weight excluding hydrogens is 306 g/mol. The number of thioether (sulfide) groups is 1. The van der Waals surface area contributed by atoms with Crippen molar-refractivity contribution in [2.45, 2.75) is 48.2 Å². The molecule has 1 aliphatic heterocycles. The number of halogens is 1. The highest BCUT2D eigenvalue weighted by Gasteiger charge is 2.45. The normalized spacial score (nSPS) is 28.1. The summed E-state index contributed by atoms with van der Waals surface area (Å²) in [6, 6.07) is 8.54. The second-order valence-electron chi connectivity index (χ2n) is 5.60. The number of nitrogens with one attached hydrogen (secondary N) is 1. The Morgan fingerprint density at radius 3 is 2.81 bits per heavy atom. The molecule has 3 nitrogen and oxygen atoms in total. The molecular formula is C16H22ClNO2S. The lowest BCUT2D eigenvalue weighted by Crippen LogP contribution is -2.49. The Labute approximate surface area is 135 Å². The molecule has 21 heavy (non-hydrogen) atoms. The highest BCUT2D eigenvalue weighted by Crippen LogP contribution is 2.43. The molecule has 1 aromatic carbocycles. The number of benzene rings is 1. The molecule has 1 saturated carbocycles. The highest BCUT2D eigenvalue weighted by molar-refractivity contribution is 8.00. The lowest BCUT2D eigenvalue weighted by atomic mass is 9.89. The molecule has 1 heterocycles. The quantitative estimate of drug-likeness (QED) is 0.913. The zero-order chi connectivity index (χ0) is 14.7. The van der Waals surface area contributed by atoms with Gasteiger partial charge in [0.25, 0.3) is 0 Å². The molecule has 2 aliphatic rings. The average Bonchev–Trinajstić information content (AvgIpc) is 2.93. The molecule has 0 amide bonds. The van der Waals surface area contributed by atoms with E-state index < -0.39 is 0 Å². The first kappa shape index (κ1) is 15.6. The predicted molar refractivity (Wildman–Crippen MR) is 87.0 cm³/mol. The van der Waals surface area contributed by atoms with Crippen molar-refractivity contribution in [1.29, 1.82) is 0 Å². The van der Waals surface area contributed by atoms with Crippen molar-refractivity contribution in [3.05, 3.63) is 29.3 Å². The minimum atomic E-state index is -0.356. The summed E-state index contributed by atoms with van der Waals surface area (Å²) in [5, 5.41) is 4.84. The molecule has 1 N–H and O–H groups in total. The first-order chi connectivity index (χ1) is 10.2. The van der Waals surface area contributed by atoms with E-state index in [-0.39, 0.29) is 5.79 Å². The maximum atomic E-state index is 6.32. The molecule has 0 bridgehead atoms. The van der Waals surface area contributed by atoms with Crippen molar-refractivity contribution < 1.29 is 9.47 Å². The Morgan fingerprint density at radius 2 is 2.10 bits per heavy atom. The van der Waals surface area contributed by atoms with E-state index >= 15 is 0 Å². The Balaban J connectivity index is 1.75. The maximum absolute atomic E-state index is 6.32. The number of rotatable bonds is 4. The molecule has 1 aliphatic carbocycles. The Morgan fingerprint density at radius 1 is 1.33 bits per heavy atom. The van der Waals surface area contributed by atoms with E-state index in [0.29, 0.717) is 11.3 Å². The minimum Gasteiger partial charge on any atom is -0.347 e.